The third-order valence-corrected chi connectivity index (χ3v) is 6.98. The lowest BCUT2D eigenvalue weighted by atomic mass is 10.1. The third-order valence-electron chi connectivity index (χ3n) is 5.85. The minimum Gasteiger partial charge on any atom is -0.541 e. The van der Waals surface area contributed by atoms with Crippen LogP contribution in [-0.2, 0) is 19.4 Å². The quantitative estimate of drug-likeness (QED) is 0.432. The van der Waals surface area contributed by atoms with Crippen LogP contribution in [0.15, 0.2) is 64.7 Å². The predicted octanol–water partition coefficient (Wildman–Crippen LogP) is 3.12. The van der Waals surface area contributed by atoms with Gasteiger partial charge in [0.05, 0.1) is 17.0 Å². The molecule has 2 aromatic carbocycles. The number of rotatable bonds is 8. The lowest BCUT2D eigenvalue weighted by Crippen LogP contribution is -2.45. The lowest BCUT2D eigenvalue weighted by molar-refractivity contribution is -0.299. The second-order valence-corrected chi connectivity index (χ2v) is 9.94. The fourth-order valence-corrected chi connectivity index (χ4v) is 4.75. The summed E-state index contributed by atoms with van der Waals surface area (Å²) in [5, 5.41) is 11.4. The maximum Gasteiger partial charge on any atom is 0.214 e. The van der Waals surface area contributed by atoms with Crippen LogP contribution >= 0.6 is 0 Å². The van der Waals surface area contributed by atoms with E-state index >= 15 is 0 Å². The van der Waals surface area contributed by atoms with Gasteiger partial charge in [-0.15, -0.1) is 0 Å². The van der Waals surface area contributed by atoms with Gasteiger partial charge in [-0.1, -0.05) is 13.3 Å². The minimum atomic E-state index is -3.46. The molecule has 174 valence electrons. The van der Waals surface area contributed by atoms with Crippen LogP contribution in [0.25, 0.3) is 5.70 Å². The van der Waals surface area contributed by atoms with E-state index in [0.717, 1.165) is 24.8 Å². The van der Waals surface area contributed by atoms with Crippen molar-refractivity contribution in [1.82, 2.24) is 4.48 Å². The lowest BCUT2D eigenvalue weighted by Gasteiger charge is -2.37. The Bertz CT molecular complexity index is 1300. The number of unbranched alkanes of at least 4 members (excludes halogenated alkanes) is 1. The van der Waals surface area contributed by atoms with Gasteiger partial charge in [-0.3, -0.25) is 4.79 Å². The topological polar surface area (TPSA) is 91.3 Å². The number of allylic oxidation sites excluding steroid dienone is 2. The molecule has 33 heavy (non-hydrogen) atoms. The summed E-state index contributed by atoms with van der Waals surface area (Å²) in [6.07, 6.45) is 3.82. The van der Waals surface area contributed by atoms with E-state index < -0.39 is 33.2 Å². The van der Waals surface area contributed by atoms with E-state index in [2.05, 4.69) is 0 Å². The van der Waals surface area contributed by atoms with Crippen LogP contribution in [0, 0.1) is 11.6 Å². The van der Waals surface area contributed by atoms with E-state index in [1.807, 2.05) is 6.92 Å². The number of quaternary nitrogens is 1. The molecule has 2 aromatic rings. The normalized spacial score (nSPS) is 18.4. The van der Waals surface area contributed by atoms with Crippen molar-refractivity contribution < 1.29 is 31.9 Å². The fourth-order valence-electron chi connectivity index (χ4n) is 4.12. The van der Waals surface area contributed by atoms with Gasteiger partial charge in [-0.25, -0.2) is 21.7 Å². The van der Waals surface area contributed by atoms with Gasteiger partial charge in [0, 0.05) is 37.0 Å². The second-order valence-electron chi connectivity index (χ2n) is 7.93. The number of sulfone groups is 1. The molecule has 1 unspecified atom stereocenters. The number of carbonyl (C=O) groups is 2. The molecule has 0 radical (unpaired) electrons. The fraction of sp³-hybridized carbons (Fsp3) is 0.250. The Morgan fingerprint density at radius 2 is 1.67 bits per heavy atom. The highest BCUT2D eigenvalue weighted by Crippen LogP contribution is 2.46. The van der Waals surface area contributed by atoms with Crippen LogP contribution < -0.4 is 9.59 Å². The van der Waals surface area contributed by atoms with Gasteiger partial charge in [0.2, 0.25) is 5.78 Å². The summed E-state index contributed by atoms with van der Waals surface area (Å²) in [5.41, 5.74) is 1.46. The van der Waals surface area contributed by atoms with Crippen LogP contribution in [0.3, 0.4) is 0 Å². The number of halogens is 2. The average molecular weight is 476 g/mol. The monoisotopic (exact) mass is 475 g/mol. The minimum absolute atomic E-state index is 0.0834. The molecule has 0 aliphatic carbocycles. The molecule has 1 aliphatic rings. The zero-order valence-electron chi connectivity index (χ0n) is 18.4. The molecule has 0 fully saturated rings. The molecule has 0 aromatic heterocycles. The molecule has 0 N–H and O–H groups in total. The maximum absolute atomic E-state index is 14.3. The summed E-state index contributed by atoms with van der Waals surface area (Å²) in [7, 11) is -3.46. The highest BCUT2D eigenvalue weighted by atomic mass is 32.2. The number of nitrogens with zero attached hydrogens (tertiary/aromatic N) is 1. The van der Waals surface area contributed by atoms with Crippen LogP contribution in [0.1, 0.15) is 32.3 Å². The number of ketones is 1. The second kappa shape index (κ2) is 8.99. The molecule has 0 spiro atoms. The molecule has 1 atom stereocenters. The molecule has 1 heterocycles. The predicted molar refractivity (Wildman–Crippen MR) is 118 cm³/mol. The number of carboxylic acid groups (broad SMARTS) is 1. The van der Waals surface area contributed by atoms with Crippen molar-refractivity contribution in [1.29, 1.82) is 0 Å². The maximum atomic E-state index is 14.3. The van der Waals surface area contributed by atoms with Gasteiger partial charge in [0.15, 0.2) is 27.2 Å². The van der Waals surface area contributed by atoms with Crippen molar-refractivity contribution in [3.05, 3.63) is 77.0 Å². The SMILES string of the molecule is CCCC[N+]1(c2ccc(F)c(F)c2)C(c2ccc(S(C)(=O)=O)cc2)=CC(C(=O)C(=O)[O-])=C1C. The van der Waals surface area contributed by atoms with Gasteiger partial charge in [0.1, 0.15) is 17.4 Å². The Kier molecular flexibility index (Phi) is 6.67. The van der Waals surface area contributed by atoms with Crippen LogP contribution in [0.2, 0.25) is 0 Å². The number of benzene rings is 2. The third kappa shape index (κ3) is 4.38. The van der Waals surface area contributed by atoms with E-state index in [-0.39, 0.29) is 15.0 Å². The first-order valence-corrected chi connectivity index (χ1v) is 12.2. The van der Waals surface area contributed by atoms with Crippen molar-refractivity contribution in [2.75, 3.05) is 12.8 Å². The average Bonchev–Trinajstić information content (AvgIpc) is 3.06. The smallest absolute Gasteiger partial charge is 0.214 e. The Morgan fingerprint density at radius 3 is 2.18 bits per heavy atom. The highest BCUT2D eigenvalue weighted by Gasteiger charge is 2.46. The van der Waals surface area contributed by atoms with Crippen LogP contribution in [-0.4, -0.2) is 33.0 Å². The number of carbonyl (C=O) groups excluding carboxylic acids is 2. The molecular weight excluding hydrogens is 452 g/mol. The van der Waals surface area contributed by atoms with Crippen molar-refractivity contribution >= 4 is 33.0 Å². The Hall–Kier alpha value is -3.17. The standard InChI is InChI=1S/C24H23F2NO5S/c1-4-5-12-27(17-8-11-20(25)21(26)13-17)15(2)19(23(28)24(29)30)14-22(27)16-6-9-18(10-7-16)33(3,31)32/h6-11,13-14H,4-5,12H2,1-3H3. The van der Waals surface area contributed by atoms with E-state index in [0.29, 0.717) is 35.6 Å². The van der Waals surface area contributed by atoms with Crippen molar-refractivity contribution in [3.8, 4) is 0 Å². The van der Waals surface area contributed by atoms with Gasteiger partial charge < -0.3 is 9.90 Å². The summed E-state index contributed by atoms with van der Waals surface area (Å²) in [4.78, 5) is 23.9. The van der Waals surface area contributed by atoms with E-state index in [9.17, 15) is 31.9 Å². The largest absolute Gasteiger partial charge is 0.541 e. The molecule has 0 saturated heterocycles. The Morgan fingerprint density at radius 1 is 1.03 bits per heavy atom. The van der Waals surface area contributed by atoms with Crippen LogP contribution in [0.4, 0.5) is 14.5 Å². The molecule has 9 heteroatoms. The van der Waals surface area contributed by atoms with Gasteiger partial charge in [-0.05, 0) is 36.8 Å². The van der Waals surface area contributed by atoms with Crippen LogP contribution in [0.5, 0.6) is 0 Å². The molecular formula is C24H23F2NO5S. The van der Waals surface area contributed by atoms with E-state index in [1.165, 1.54) is 24.3 Å². The number of carboxylic acids is 1. The number of hydrogen-bond donors (Lipinski definition) is 0. The molecule has 0 amide bonds. The summed E-state index contributed by atoms with van der Waals surface area (Å²) in [6, 6.07) is 9.29. The highest BCUT2D eigenvalue weighted by molar-refractivity contribution is 7.90. The van der Waals surface area contributed by atoms with Gasteiger partial charge in [0.25, 0.3) is 0 Å². The summed E-state index contributed by atoms with van der Waals surface area (Å²) in [5.74, 6) is -5.23. The summed E-state index contributed by atoms with van der Waals surface area (Å²) in [6.45, 7) is 3.84. The van der Waals surface area contributed by atoms with Gasteiger partial charge in [-0.2, -0.15) is 0 Å². The van der Waals surface area contributed by atoms with E-state index in [1.54, 1.807) is 19.1 Å². The summed E-state index contributed by atoms with van der Waals surface area (Å²) < 4.78 is 51.6. The Balaban J connectivity index is 2.33. The molecule has 3 rings (SSSR count). The van der Waals surface area contributed by atoms with Crippen molar-refractivity contribution in [2.24, 2.45) is 0 Å². The van der Waals surface area contributed by atoms with E-state index in [4.69, 9.17) is 0 Å². The molecule has 0 bridgehead atoms. The number of hydrogen-bond acceptors (Lipinski definition) is 5. The first-order valence-electron chi connectivity index (χ1n) is 10.3. The number of Topliss-reactive ketones (excluding diaryl/α,β-unsaturated/α-hetero) is 1. The number of aliphatic carboxylic acids is 1. The Labute approximate surface area is 191 Å². The molecule has 0 saturated carbocycles. The van der Waals surface area contributed by atoms with Gasteiger partial charge >= 0.3 is 0 Å². The van der Waals surface area contributed by atoms with Crippen molar-refractivity contribution in [2.45, 2.75) is 31.6 Å². The van der Waals surface area contributed by atoms with Crippen molar-refractivity contribution in [3.63, 3.8) is 0 Å². The zero-order valence-corrected chi connectivity index (χ0v) is 19.2. The molecule has 6 nitrogen and oxygen atoms in total. The summed E-state index contributed by atoms with van der Waals surface area (Å²) >= 11 is 0. The zero-order chi connectivity index (χ0) is 24.6. The molecule has 1 aliphatic heterocycles. The first-order chi connectivity index (χ1) is 15.4. The first kappa shape index (κ1) is 24.5.